The molecule has 1 N–H and O–H groups in total. The van der Waals surface area contributed by atoms with Crippen molar-refractivity contribution in [2.24, 2.45) is 0 Å². The molecule has 0 saturated heterocycles. The average molecular weight is 298 g/mol. The molecule has 0 aliphatic carbocycles. The Morgan fingerprint density at radius 1 is 1.59 bits per heavy atom. The molecule has 0 amide bonds. The number of hydrogen-bond donors (Lipinski definition) is 1. The normalized spacial score (nSPS) is 12.9. The predicted octanol–water partition coefficient (Wildman–Crippen LogP) is 2.26. The first-order valence-electron chi connectivity index (χ1n) is 5.54. The van der Waals surface area contributed by atoms with E-state index in [1.807, 2.05) is 25.4 Å². The Morgan fingerprint density at radius 3 is 3.00 bits per heavy atom. The number of halogens is 1. The van der Waals surface area contributed by atoms with E-state index >= 15 is 0 Å². The van der Waals surface area contributed by atoms with Crippen LogP contribution in [0.3, 0.4) is 0 Å². The third-order valence-electron chi connectivity index (χ3n) is 2.86. The molecule has 1 atom stereocenters. The van der Waals surface area contributed by atoms with Crippen molar-refractivity contribution in [2.45, 2.75) is 19.4 Å². The highest BCUT2D eigenvalue weighted by Gasteiger charge is 2.14. The summed E-state index contributed by atoms with van der Waals surface area (Å²) in [4.78, 5) is 4.55. The Hall–Kier alpha value is -1.07. The number of imidazole rings is 1. The van der Waals surface area contributed by atoms with Crippen LogP contribution in [0.25, 0.3) is 5.52 Å². The topological polar surface area (TPSA) is 38.6 Å². The molecular formula is C12H16BrN3O. The Balaban J connectivity index is 2.52. The van der Waals surface area contributed by atoms with Crippen LogP contribution in [-0.2, 0) is 6.42 Å². The highest BCUT2D eigenvalue weighted by Crippen LogP contribution is 2.28. The van der Waals surface area contributed by atoms with Crippen molar-refractivity contribution in [1.29, 1.82) is 0 Å². The lowest BCUT2D eigenvalue weighted by atomic mass is 10.2. The van der Waals surface area contributed by atoms with Gasteiger partial charge in [0.05, 0.1) is 7.11 Å². The maximum Gasteiger partial charge on any atom is 0.145 e. The number of nitrogens with zero attached hydrogens (tertiary/aromatic N) is 2. The number of aromatic nitrogens is 2. The van der Waals surface area contributed by atoms with Crippen LogP contribution in [0.2, 0.25) is 0 Å². The molecule has 2 aromatic heterocycles. The summed E-state index contributed by atoms with van der Waals surface area (Å²) in [5.74, 6) is 1.85. The number of rotatable bonds is 4. The van der Waals surface area contributed by atoms with E-state index in [0.717, 1.165) is 28.1 Å². The molecule has 0 bridgehead atoms. The highest BCUT2D eigenvalue weighted by molar-refractivity contribution is 9.10. The van der Waals surface area contributed by atoms with E-state index in [2.05, 4.69) is 37.6 Å². The maximum absolute atomic E-state index is 5.35. The average Bonchev–Trinajstić information content (AvgIpc) is 2.66. The molecule has 92 valence electrons. The van der Waals surface area contributed by atoms with Crippen LogP contribution in [0.1, 0.15) is 12.7 Å². The summed E-state index contributed by atoms with van der Waals surface area (Å²) in [6.07, 6.45) is 2.88. The fourth-order valence-electron chi connectivity index (χ4n) is 1.81. The van der Waals surface area contributed by atoms with E-state index in [0.29, 0.717) is 6.04 Å². The molecule has 0 saturated carbocycles. The predicted molar refractivity (Wildman–Crippen MR) is 71.7 cm³/mol. The van der Waals surface area contributed by atoms with Crippen molar-refractivity contribution < 1.29 is 4.74 Å². The fraction of sp³-hybridized carbons (Fsp3) is 0.417. The van der Waals surface area contributed by atoms with Gasteiger partial charge >= 0.3 is 0 Å². The zero-order valence-corrected chi connectivity index (χ0v) is 11.8. The van der Waals surface area contributed by atoms with E-state index in [1.165, 1.54) is 0 Å². The van der Waals surface area contributed by atoms with E-state index in [9.17, 15) is 0 Å². The number of likely N-dealkylation sites (N-methyl/N-ethyl adjacent to an activating group) is 1. The van der Waals surface area contributed by atoms with Crippen molar-refractivity contribution in [1.82, 2.24) is 14.7 Å². The Bertz CT molecular complexity index is 524. The molecule has 2 heterocycles. The van der Waals surface area contributed by atoms with E-state index < -0.39 is 0 Å². The third kappa shape index (κ3) is 2.30. The molecule has 0 radical (unpaired) electrons. The lowest BCUT2D eigenvalue weighted by molar-refractivity contribution is 0.417. The third-order valence-corrected chi connectivity index (χ3v) is 3.41. The van der Waals surface area contributed by atoms with Gasteiger partial charge in [-0.25, -0.2) is 4.98 Å². The molecule has 0 aliphatic rings. The number of pyridine rings is 1. The molecule has 5 heteroatoms. The van der Waals surface area contributed by atoms with E-state index in [4.69, 9.17) is 4.74 Å². The van der Waals surface area contributed by atoms with Crippen molar-refractivity contribution in [2.75, 3.05) is 14.2 Å². The summed E-state index contributed by atoms with van der Waals surface area (Å²) in [5, 5.41) is 3.22. The molecule has 0 aliphatic heterocycles. The van der Waals surface area contributed by atoms with Gasteiger partial charge in [-0.3, -0.25) is 4.40 Å². The van der Waals surface area contributed by atoms with Crippen LogP contribution in [0, 0.1) is 0 Å². The Labute approximate surface area is 109 Å². The first-order valence-corrected chi connectivity index (χ1v) is 6.33. The van der Waals surface area contributed by atoms with Crippen LogP contribution >= 0.6 is 15.9 Å². The van der Waals surface area contributed by atoms with Gasteiger partial charge in [-0.05, 0) is 42.0 Å². The second-order valence-corrected chi connectivity index (χ2v) is 4.76. The minimum Gasteiger partial charge on any atom is -0.494 e. The van der Waals surface area contributed by atoms with Gasteiger partial charge in [0, 0.05) is 18.7 Å². The zero-order chi connectivity index (χ0) is 12.4. The van der Waals surface area contributed by atoms with Gasteiger partial charge in [0.15, 0.2) is 0 Å². The van der Waals surface area contributed by atoms with Crippen LogP contribution in [-0.4, -0.2) is 29.6 Å². The molecule has 17 heavy (non-hydrogen) atoms. The van der Waals surface area contributed by atoms with Crippen LogP contribution in [0.15, 0.2) is 22.9 Å². The molecule has 4 nitrogen and oxygen atoms in total. The van der Waals surface area contributed by atoms with Gasteiger partial charge in [-0.1, -0.05) is 0 Å². The smallest absolute Gasteiger partial charge is 0.145 e. The van der Waals surface area contributed by atoms with Crippen LogP contribution < -0.4 is 10.1 Å². The molecule has 0 spiro atoms. The van der Waals surface area contributed by atoms with Crippen molar-refractivity contribution >= 4 is 21.4 Å². The number of nitrogens with one attached hydrogen (secondary N) is 1. The van der Waals surface area contributed by atoms with Gasteiger partial charge in [0.25, 0.3) is 0 Å². The summed E-state index contributed by atoms with van der Waals surface area (Å²) in [5.41, 5.74) is 0.980. The first-order chi connectivity index (χ1) is 8.17. The monoisotopic (exact) mass is 297 g/mol. The molecule has 1 unspecified atom stereocenters. The summed E-state index contributed by atoms with van der Waals surface area (Å²) >= 11 is 3.49. The van der Waals surface area contributed by atoms with Gasteiger partial charge in [0.2, 0.25) is 0 Å². The molecule has 2 aromatic rings. The Morgan fingerprint density at radius 2 is 2.35 bits per heavy atom. The molecule has 0 aromatic carbocycles. The van der Waals surface area contributed by atoms with Crippen molar-refractivity contribution in [3.8, 4) is 5.75 Å². The summed E-state index contributed by atoms with van der Waals surface area (Å²) < 4.78 is 8.24. The van der Waals surface area contributed by atoms with Crippen LogP contribution in [0.4, 0.5) is 0 Å². The van der Waals surface area contributed by atoms with E-state index in [-0.39, 0.29) is 0 Å². The maximum atomic E-state index is 5.35. The standard InChI is InChI=1S/C12H16BrN3O/c1-8(14-2)7-10-15-12(13)11-9(17-3)5-4-6-16(10)11/h4-6,8,14H,7H2,1-3H3. The number of fused-ring (bicyclic) bond motifs is 1. The number of ether oxygens (including phenoxy) is 1. The number of methoxy groups -OCH3 is 1. The lowest BCUT2D eigenvalue weighted by Crippen LogP contribution is -2.24. The minimum atomic E-state index is 0.388. The lowest BCUT2D eigenvalue weighted by Gasteiger charge is -2.09. The van der Waals surface area contributed by atoms with Gasteiger partial charge in [0.1, 0.15) is 21.7 Å². The van der Waals surface area contributed by atoms with Crippen LogP contribution in [0.5, 0.6) is 5.75 Å². The van der Waals surface area contributed by atoms with Gasteiger partial charge in [-0.15, -0.1) is 0 Å². The molecular weight excluding hydrogens is 282 g/mol. The zero-order valence-electron chi connectivity index (χ0n) is 10.2. The van der Waals surface area contributed by atoms with Gasteiger partial charge < -0.3 is 10.1 Å². The molecule has 2 rings (SSSR count). The fourth-order valence-corrected chi connectivity index (χ4v) is 2.40. The number of hydrogen-bond acceptors (Lipinski definition) is 3. The highest BCUT2D eigenvalue weighted by atomic mass is 79.9. The Kier molecular flexibility index (Phi) is 3.69. The SMILES string of the molecule is CNC(C)Cc1nc(Br)c2c(OC)cccn12. The largest absolute Gasteiger partial charge is 0.494 e. The quantitative estimate of drug-likeness (QED) is 0.941. The van der Waals surface area contributed by atoms with Gasteiger partial charge in [-0.2, -0.15) is 0 Å². The second kappa shape index (κ2) is 5.06. The second-order valence-electron chi connectivity index (χ2n) is 4.01. The molecule has 0 fully saturated rings. The van der Waals surface area contributed by atoms with Crippen molar-refractivity contribution in [3.63, 3.8) is 0 Å². The summed E-state index contributed by atoms with van der Waals surface area (Å²) in [6.45, 7) is 2.13. The summed E-state index contributed by atoms with van der Waals surface area (Å²) in [6, 6.07) is 4.29. The summed E-state index contributed by atoms with van der Waals surface area (Å²) in [7, 11) is 3.63. The minimum absolute atomic E-state index is 0.388. The van der Waals surface area contributed by atoms with E-state index in [1.54, 1.807) is 7.11 Å². The van der Waals surface area contributed by atoms with Crippen molar-refractivity contribution in [3.05, 3.63) is 28.8 Å². The first kappa shape index (κ1) is 12.4.